The highest BCUT2D eigenvalue weighted by Crippen LogP contribution is 2.52. The molecule has 16 nitrogen and oxygen atoms in total. The van der Waals surface area contributed by atoms with Gasteiger partial charge < -0.3 is 37.5 Å². The Bertz CT molecular complexity index is 2060. The second kappa shape index (κ2) is 22.5. The minimum atomic E-state index is -1.84. The zero-order valence-corrected chi connectivity index (χ0v) is 38.7. The Morgan fingerprint density at radius 3 is 1.90 bits per heavy atom. The number of hydrogen-bond acceptors (Lipinski definition) is 15. The third kappa shape index (κ3) is 12.0. The second-order valence-corrected chi connectivity index (χ2v) is 17.9. The molecule has 0 saturated carbocycles. The van der Waals surface area contributed by atoms with Crippen LogP contribution in [0.15, 0.2) is 78.9 Å². The van der Waals surface area contributed by atoms with Gasteiger partial charge in [0.15, 0.2) is 6.10 Å². The first-order chi connectivity index (χ1) is 30.2. The van der Waals surface area contributed by atoms with Gasteiger partial charge in [-0.1, -0.05) is 54.6 Å². The molecule has 2 unspecified atom stereocenters. The molecule has 0 N–H and O–H groups in total. The van der Waals surface area contributed by atoms with E-state index in [1.165, 1.54) is 4.80 Å². The molecule has 4 aromatic rings. The van der Waals surface area contributed by atoms with Crippen LogP contribution >= 0.6 is 8.53 Å². The SMILES string of the molecule is COc1ccc(C(OC[C@H]2O[C@@H](c3nnn(C(C)OC(=O)C(C)(C)C)n3)[C@H](OCCC#N)[C@@H]2OP(OCCC#N)N(C(C)C)C(C)C)(c2ccccc2)c2ccc(OC)cc2)cc1. The van der Waals surface area contributed by atoms with E-state index < -0.39 is 56.2 Å². The normalized spacial score (nSPS) is 18.8. The lowest BCUT2D eigenvalue weighted by Gasteiger charge is -2.39. The van der Waals surface area contributed by atoms with Crippen LogP contribution in [0.1, 0.15) is 103 Å². The van der Waals surface area contributed by atoms with Gasteiger partial charge in [-0.3, -0.25) is 4.79 Å². The maximum absolute atomic E-state index is 12.8. The molecule has 6 atom stereocenters. The van der Waals surface area contributed by atoms with Gasteiger partial charge in [-0.25, -0.2) is 4.67 Å². The van der Waals surface area contributed by atoms with Gasteiger partial charge in [-0.2, -0.15) is 10.5 Å². The van der Waals surface area contributed by atoms with E-state index in [9.17, 15) is 15.3 Å². The van der Waals surface area contributed by atoms with Crippen LogP contribution in [-0.4, -0.2) is 95.3 Å². The van der Waals surface area contributed by atoms with Crippen LogP contribution in [0.2, 0.25) is 0 Å². The lowest BCUT2D eigenvalue weighted by atomic mass is 9.80. The summed E-state index contributed by atoms with van der Waals surface area (Å²) >= 11 is 0. The maximum Gasteiger partial charge on any atom is 0.313 e. The van der Waals surface area contributed by atoms with Crippen molar-refractivity contribution in [3.8, 4) is 23.6 Å². The van der Waals surface area contributed by atoms with Crippen molar-refractivity contribution in [3.63, 3.8) is 0 Å². The summed E-state index contributed by atoms with van der Waals surface area (Å²) in [6.07, 6.45) is -4.32. The molecule has 0 spiro atoms. The Morgan fingerprint density at radius 2 is 1.38 bits per heavy atom. The van der Waals surface area contributed by atoms with E-state index in [2.05, 4.69) is 59.9 Å². The lowest BCUT2D eigenvalue weighted by Crippen LogP contribution is -2.43. The van der Waals surface area contributed by atoms with Crippen LogP contribution in [0.25, 0.3) is 0 Å². The van der Waals surface area contributed by atoms with Crippen molar-refractivity contribution in [1.29, 1.82) is 10.5 Å². The molecule has 0 amide bonds. The Hall–Kier alpha value is -5.03. The van der Waals surface area contributed by atoms with Gasteiger partial charge in [-0.15, -0.1) is 15.0 Å². The first-order valence-electron chi connectivity index (χ1n) is 21.1. The Labute approximate surface area is 372 Å². The summed E-state index contributed by atoms with van der Waals surface area (Å²) in [5.41, 5.74) is 0.483. The van der Waals surface area contributed by atoms with Gasteiger partial charge in [0, 0.05) is 12.1 Å². The number of aromatic nitrogens is 4. The standard InChI is InChI=1S/C46H60N7O9P/c1-31(2)52(32(3)4)63(59-29-15-27-48)62-40-39(61-42(41(40)57-28-14-26-47)43-49-51-53(50-43)33(5)60-44(54)45(6,7)8)30-58-46(34-16-12-11-13-17-34,35-18-22-37(55-9)23-19-35)36-20-24-38(56-10)25-21-36/h11-13,16-25,31-33,39-42H,14-15,28-30H2,1-10H3/t33?,39-,40-,41-,42-,63?/m1/s1. The van der Waals surface area contributed by atoms with E-state index in [-0.39, 0.29) is 50.6 Å². The van der Waals surface area contributed by atoms with Crippen molar-refractivity contribution < 1.29 is 42.3 Å². The Kier molecular flexibility index (Phi) is 17.5. The number of carbonyl (C=O) groups excluding carboxylic acids is 1. The van der Waals surface area contributed by atoms with Gasteiger partial charge >= 0.3 is 5.97 Å². The van der Waals surface area contributed by atoms with Crippen LogP contribution in [-0.2, 0) is 38.4 Å². The predicted molar refractivity (Wildman–Crippen MR) is 234 cm³/mol. The zero-order valence-electron chi connectivity index (χ0n) is 37.8. The molecular weight excluding hydrogens is 826 g/mol. The number of methoxy groups -OCH3 is 2. The van der Waals surface area contributed by atoms with Gasteiger partial charge in [0.1, 0.15) is 35.4 Å². The number of nitrogens with zero attached hydrogens (tertiary/aromatic N) is 7. The molecule has 338 valence electrons. The largest absolute Gasteiger partial charge is 0.497 e. The molecule has 1 aliphatic rings. The van der Waals surface area contributed by atoms with Crippen LogP contribution < -0.4 is 9.47 Å². The highest BCUT2D eigenvalue weighted by atomic mass is 31.2. The molecule has 2 heterocycles. The van der Waals surface area contributed by atoms with Crippen molar-refractivity contribution >= 4 is 14.5 Å². The van der Waals surface area contributed by atoms with Gasteiger partial charge in [0.05, 0.1) is 64.4 Å². The van der Waals surface area contributed by atoms with Gasteiger partial charge in [0.2, 0.25) is 12.1 Å². The first kappa shape index (κ1) is 49.0. The number of ether oxygens (including phenoxy) is 6. The average molecular weight is 886 g/mol. The van der Waals surface area contributed by atoms with E-state index in [4.69, 9.17) is 37.5 Å². The quantitative estimate of drug-likeness (QED) is 0.0318. The van der Waals surface area contributed by atoms with Gasteiger partial charge in [-0.05, 0) is 102 Å². The Morgan fingerprint density at radius 1 is 0.825 bits per heavy atom. The summed E-state index contributed by atoms with van der Waals surface area (Å²) in [6.45, 7) is 15.2. The average Bonchev–Trinajstić information content (AvgIpc) is 3.89. The highest BCUT2D eigenvalue weighted by molar-refractivity contribution is 7.44. The van der Waals surface area contributed by atoms with E-state index in [1.54, 1.807) is 41.9 Å². The van der Waals surface area contributed by atoms with Crippen LogP contribution in [0.4, 0.5) is 0 Å². The zero-order chi connectivity index (χ0) is 45.7. The summed E-state index contributed by atoms with van der Waals surface area (Å²) in [4.78, 5) is 14.0. The molecule has 1 aliphatic heterocycles. The van der Waals surface area contributed by atoms with Crippen molar-refractivity contribution in [3.05, 3.63) is 101 Å². The van der Waals surface area contributed by atoms with Crippen molar-refractivity contribution in [2.75, 3.05) is 34.0 Å². The van der Waals surface area contributed by atoms with E-state index in [0.29, 0.717) is 11.5 Å². The number of hydrogen-bond donors (Lipinski definition) is 0. The highest BCUT2D eigenvalue weighted by Gasteiger charge is 2.52. The van der Waals surface area contributed by atoms with E-state index in [1.807, 2.05) is 78.9 Å². The molecule has 17 heteroatoms. The van der Waals surface area contributed by atoms with E-state index in [0.717, 1.165) is 16.7 Å². The Balaban J connectivity index is 1.65. The summed E-state index contributed by atoms with van der Waals surface area (Å²) in [6, 6.07) is 29.6. The second-order valence-electron chi connectivity index (χ2n) is 16.5. The number of carbonyl (C=O) groups is 1. The molecule has 63 heavy (non-hydrogen) atoms. The van der Waals surface area contributed by atoms with Crippen molar-refractivity contribution in [2.45, 2.75) is 117 Å². The van der Waals surface area contributed by atoms with Gasteiger partial charge in [0.25, 0.3) is 8.53 Å². The number of nitriles is 2. The molecule has 1 saturated heterocycles. The third-order valence-electron chi connectivity index (χ3n) is 10.3. The maximum atomic E-state index is 12.8. The van der Waals surface area contributed by atoms with Crippen LogP contribution in [0, 0.1) is 28.1 Å². The fourth-order valence-corrected chi connectivity index (χ4v) is 8.95. The predicted octanol–water partition coefficient (Wildman–Crippen LogP) is 8.21. The van der Waals surface area contributed by atoms with Crippen molar-refractivity contribution in [1.82, 2.24) is 24.9 Å². The number of rotatable bonds is 22. The third-order valence-corrected chi connectivity index (χ3v) is 12.4. The van der Waals surface area contributed by atoms with Crippen LogP contribution in [0.3, 0.4) is 0 Å². The minimum absolute atomic E-state index is 0.0151. The lowest BCUT2D eigenvalue weighted by molar-refractivity contribution is -0.163. The number of esters is 1. The van der Waals surface area contributed by atoms with Crippen LogP contribution in [0.5, 0.6) is 11.5 Å². The molecular formula is C46H60N7O9P. The minimum Gasteiger partial charge on any atom is -0.497 e. The molecule has 3 aromatic carbocycles. The fraction of sp³-hybridized carbons (Fsp3) is 0.522. The molecule has 1 fully saturated rings. The summed E-state index contributed by atoms with van der Waals surface area (Å²) in [5, 5.41) is 32.4. The molecule has 0 bridgehead atoms. The van der Waals surface area contributed by atoms with Crippen molar-refractivity contribution in [2.24, 2.45) is 5.41 Å². The summed E-state index contributed by atoms with van der Waals surface area (Å²) in [5.74, 6) is 1.06. The van der Waals surface area contributed by atoms with E-state index >= 15 is 0 Å². The molecule has 0 aliphatic carbocycles. The monoisotopic (exact) mass is 885 g/mol. The molecule has 1 aromatic heterocycles. The number of tetrazole rings is 1. The fourth-order valence-electron chi connectivity index (χ4n) is 7.18. The molecule has 0 radical (unpaired) electrons. The smallest absolute Gasteiger partial charge is 0.313 e. The molecule has 5 rings (SSSR count). The first-order valence-corrected chi connectivity index (χ1v) is 22.2. The topological polar surface area (TPSA) is 185 Å². The summed E-state index contributed by atoms with van der Waals surface area (Å²) < 4.78 is 53.2. The summed E-state index contributed by atoms with van der Waals surface area (Å²) in [7, 11) is 1.40. The number of benzene rings is 3.